The minimum absolute atomic E-state index is 0.0148. The Morgan fingerprint density at radius 1 is 1.20 bits per heavy atom. The van der Waals surface area contributed by atoms with E-state index in [-0.39, 0.29) is 6.10 Å². The van der Waals surface area contributed by atoms with Crippen molar-refractivity contribution in [3.63, 3.8) is 0 Å². The van der Waals surface area contributed by atoms with Crippen LogP contribution in [0.15, 0.2) is 47.4 Å². The zero-order chi connectivity index (χ0) is 18.2. The summed E-state index contributed by atoms with van der Waals surface area (Å²) in [4.78, 5) is 0.366. The van der Waals surface area contributed by atoms with E-state index in [4.69, 9.17) is 9.47 Å². The summed E-state index contributed by atoms with van der Waals surface area (Å²) in [5.41, 5.74) is 1.76. The third-order valence-electron chi connectivity index (χ3n) is 3.85. The van der Waals surface area contributed by atoms with Crippen LogP contribution in [0, 0.1) is 6.92 Å². The molecule has 0 aliphatic carbocycles. The van der Waals surface area contributed by atoms with Crippen LogP contribution < -0.4 is 14.8 Å². The van der Waals surface area contributed by atoms with E-state index in [0.29, 0.717) is 17.2 Å². The molecule has 0 fully saturated rings. The molecule has 0 aliphatic heterocycles. The zero-order valence-electron chi connectivity index (χ0n) is 14.8. The van der Waals surface area contributed by atoms with Crippen molar-refractivity contribution in [3.05, 3.63) is 53.6 Å². The molecule has 2 aromatic carbocycles. The third-order valence-corrected chi connectivity index (χ3v) is 4.65. The number of ether oxygens (including phenoxy) is 2. The predicted molar refractivity (Wildman–Crippen MR) is 98.0 cm³/mol. The van der Waals surface area contributed by atoms with Crippen LogP contribution in [0.3, 0.4) is 0 Å². The van der Waals surface area contributed by atoms with E-state index in [1.807, 2.05) is 43.3 Å². The monoisotopic (exact) mass is 362 g/mol. The largest absolute Gasteiger partial charge is 0.768 e. The lowest BCUT2D eigenvalue weighted by Gasteiger charge is -2.17. The van der Waals surface area contributed by atoms with Gasteiger partial charge in [-0.3, -0.25) is 4.21 Å². The summed E-state index contributed by atoms with van der Waals surface area (Å²) in [5.74, 6) is 1.44. The Kier molecular flexibility index (Phi) is 7.43. The van der Waals surface area contributed by atoms with Gasteiger partial charge in [-0.2, -0.15) is 0 Å². The fraction of sp³-hybridized carbons (Fsp3) is 0.368. The van der Waals surface area contributed by atoms with Gasteiger partial charge in [0.2, 0.25) is 0 Å². The average molecular weight is 362 g/mol. The predicted octanol–water partition coefficient (Wildman–Crippen LogP) is 2.84. The van der Waals surface area contributed by atoms with Crippen molar-refractivity contribution in [1.82, 2.24) is 5.32 Å². The van der Waals surface area contributed by atoms with Gasteiger partial charge in [0.1, 0.15) is 6.10 Å². The first-order valence-corrected chi connectivity index (χ1v) is 9.28. The summed E-state index contributed by atoms with van der Waals surface area (Å²) < 4.78 is 33.5. The Morgan fingerprint density at radius 3 is 2.60 bits per heavy atom. The first-order chi connectivity index (χ1) is 12.0. The smallest absolute Gasteiger partial charge is 0.161 e. The fourth-order valence-electron chi connectivity index (χ4n) is 2.49. The van der Waals surface area contributed by atoms with Crippen LogP contribution in [0.5, 0.6) is 11.5 Å². The third kappa shape index (κ3) is 5.85. The molecule has 2 rings (SSSR count). The van der Waals surface area contributed by atoms with Crippen molar-refractivity contribution in [2.75, 3.05) is 20.2 Å². The molecule has 0 aromatic heterocycles. The molecule has 0 radical (unpaired) electrons. The molecule has 0 saturated heterocycles. The van der Waals surface area contributed by atoms with Gasteiger partial charge in [0.15, 0.2) is 11.5 Å². The lowest BCUT2D eigenvalue weighted by atomic mass is 10.1. The average Bonchev–Trinajstić information content (AvgIpc) is 2.60. The second-order valence-electron chi connectivity index (χ2n) is 5.87. The summed E-state index contributed by atoms with van der Waals surface area (Å²) >= 11 is -2.19. The molecule has 6 heteroatoms. The molecule has 0 saturated carbocycles. The highest BCUT2D eigenvalue weighted by Gasteiger charge is 2.08. The highest BCUT2D eigenvalue weighted by atomic mass is 32.2. The number of aryl methyl sites for hydroxylation is 1. The Morgan fingerprint density at radius 2 is 1.92 bits per heavy atom. The molecular weight excluding hydrogens is 338 g/mol. The Balaban J connectivity index is 1.79. The van der Waals surface area contributed by atoms with Crippen molar-refractivity contribution in [2.45, 2.75) is 31.3 Å². The normalized spacial score (nSPS) is 13.3. The van der Waals surface area contributed by atoms with E-state index in [1.54, 1.807) is 20.1 Å². The van der Waals surface area contributed by atoms with Crippen molar-refractivity contribution >= 4 is 11.1 Å². The van der Waals surface area contributed by atoms with Crippen molar-refractivity contribution in [1.29, 1.82) is 0 Å². The zero-order valence-corrected chi connectivity index (χ0v) is 15.6. The standard InChI is InChI=1S/C19H25NO4S/c1-14-8-9-16(12-19(14)25(21)22)10-11-20-13-15(2)24-18-7-5-4-6-17(18)23-3/h4-9,12,15,20H,10-11,13H2,1-3H3,(H,21,22)/p-1. The van der Waals surface area contributed by atoms with Gasteiger partial charge in [0.05, 0.1) is 7.11 Å². The maximum Gasteiger partial charge on any atom is 0.161 e. The van der Waals surface area contributed by atoms with E-state index < -0.39 is 11.1 Å². The van der Waals surface area contributed by atoms with E-state index in [1.165, 1.54) is 0 Å². The second kappa shape index (κ2) is 9.56. The van der Waals surface area contributed by atoms with Crippen LogP contribution in [0.4, 0.5) is 0 Å². The lowest BCUT2D eigenvalue weighted by Crippen LogP contribution is -2.30. The lowest BCUT2D eigenvalue weighted by molar-refractivity contribution is 0.208. The summed E-state index contributed by atoms with van der Waals surface area (Å²) in [5, 5.41) is 3.33. The van der Waals surface area contributed by atoms with E-state index in [0.717, 1.165) is 29.8 Å². The van der Waals surface area contributed by atoms with Gasteiger partial charge in [0.25, 0.3) is 0 Å². The van der Waals surface area contributed by atoms with Gasteiger partial charge < -0.3 is 19.3 Å². The molecule has 25 heavy (non-hydrogen) atoms. The van der Waals surface area contributed by atoms with E-state index >= 15 is 0 Å². The van der Waals surface area contributed by atoms with E-state index in [9.17, 15) is 8.76 Å². The van der Waals surface area contributed by atoms with Crippen LogP contribution in [0.25, 0.3) is 0 Å². The molecule has 0 spiro atoms. The minimum Gasteiger partial charge on any atom is -0.768 e. The number of nitrogens with one attached hydrogen (secondary N) is 1. The topological polar surface area (TPSA) is 70.6 Å². The number of hydrogen-bond acceptors (Lipinski definition) is 5. The van der Waals surface area contributed by atoms with Crippen LogP contribution in [0.1, 0.15) is 18.1 Å². The highest BCUT2D eigenvalue weighted by molar-refractivity contribution is 7.79. The number of hydrogen-bond donors (Lipinski definition) is 1. The van der Waals surface area contributed by atoms with Gasteiger partial charge in [-0.15, -0.1) is 0 Å². The van der Waals surface area contributed by atoms with Gasteiger partial charge in [0, 0.05) is 11.4 Å². The second-order valence-corrected chi connectivity index (χ2v) is 6.78. The Hall–Kier alpha value is -1.89. The number of methoxy groups -OCH3 is 1. The molecule has 2 atom stereocenters. The number of rotatable bonds is 9. The van der Waals surface area contributed by atoms with Crippen molar-refractivity contribution in [3.8, 4) is 11.5 Å². The SMILES string of the molecule is COc1ccccc1OC(C)CNCCc1ccc(C)c(S(=O)[O-])c1. The summed E-state index contributed by atoms with van der Waals surface area (Å²) in [6.07, 6.45) is 0.741. The quantitative estimate of drug-likeness (QED) is 0.549. The highest BCUT2D eigenvalue weighted by Crippen LogP contribution is 2.26. The van der Waals surface area contributed by atoms with Crippen LogP contribution >= 0.6 is 0 Å². The molecular formula is C19H24NO4S-. The first-order valence-electron chi connectivity index (χ1n) is 8.20. The van der Waals surface area contributed by atoms with Gasteiger partial charge in [-0.1, -0.05) is 24.3 Å². The van der Waals surface area contributed by atoms with Gasteiger partial charge >= 0.3 is 0 Å². The van der Waals surface area contributed by atoms with E-state index in [2.05, 4.69) is 5.32 Å². The molecule has 1 N–H and O–H groups in total. The molecule has 0 heterocycles. The Bertz CT molecular complexity index is 720. The molecule has 2 aromatic rings. The van der Waals surface area contributed by atoms with Gasteiger partial charge in [-0.05, 0) is 67.2 Å². The molecule has 0 aliphatic rings. The maximum atomic E-state index is 11.2. The number of para-hydroxylation sites is 2. The molecule has 0 bridgehead atoms. The molecule has 0 amide bonds. The molecule has 2 unspecified atom stereocenters. The van der Waals surface area contributed by atoms with Crippen molar-refractivity contribution < 1.29 is 18.2 Å². The van der Waals surface area contributed by atoms with Gasteiger partial charge in [-0.25, -0.2) is 0 Å². The van der Waals surface area contributed by atoms with Crippen LogP contribution in [-0.2, 0) is 17.5 Å². The summed E-state index contributed by atoms with van der Waals surface area (Å²) in [6, 6.07) is 13.1. The van der Waals surface area contributed by atoms with Crippen LogP contribution in [0.2, 0.25) is 0 Å². The minimum atomic E-state index is -2.19. The molecule has 136 valence electrons. The summed E-state index contributed by atoms with van der Waals surface area (Å²) in [6.45, 7) is 5.21. The fourth-order valence-corrected chi connectivity index (χ4v) is 3.07. The van der Waals surface area contributed by atoms with Crippen molar-refractivity contribution in [2.24, 2.45) is 0 Å². The van der Waals surface area contributed by atoms with Crippen LogP contribution in [-0.4, -0.2) is 35.1 Å². The number of benzene rings is 2. The Labute approximate surface area is 151 Å². The first kappa shape index (κ1) is 19.4. The summed E-state index contributed by atoms with van der Waals surface area (Å²) in [7, 11) is 1.62. The maximum absolute atomic E-state index is 11.2. The molecule has 5 nitrogen and oxygen atoms in total.